The number of carbonyl (C=O) groups excluding carboxylic acids is 1. The highest BCUT2D eigenvalue weighted by Gasteiger charge is 2.31. The van der Waals surface area contributed by atoms with Crippen molar-refractivity contribution >= 4 is 5.91 Å². The Balaban J connectivity index is 1.64. The minimum Gasteiger partial charge on any atom is -0.350 e. The van der Waals surface area contributed by atoms with Gasteiger partial charge in [0.25, 0.3) is 5.91 Å². The molecule has 1 amide bonds. The molecular weight excluding hydrogens is 349 g/mol. The van der Waals surface area contributed by atoms with Crippen molar-refractivity contribution in [3.63, 3.8) is 0 Å². The summed E-state index contributed by atoms with van der Waals surface area (Å²) in [5, 5.41) is 13.7. The molecule has 2 aromatic rings. The fourth-order valence-corrected chi connectivity index (χ4v) is 2.76. The molecular formula is C16H19F3N6O. The molecule has 2 aromatic heterocycles. The molecule has 0 atom stereocenters. The Morgan fingerprint density at radius 1 is 1.35 bits per heavy atom. The molecule has 1 aliphatic rings. The number of alkyl halides is 3. The molecule has 0 saturated carbocycles. The van der Waals surface area contributed by atoms with E-state index in [-0.39, 0.29) is 22.8 Å². The minimum absolute atomic E-state index is 0.0336. The van der Waals surface area contributed by atoms with Crippen LogP contribution < -0.4 is 10.6 Å². The summed E-state index contributed by atoms with van der Waals surface area (Å²) in [4.78, 5) is 16.0. The molecule has 1 saturated heterocycles. The fourth-order valence-electron chi connectivity index (χ4n) is 2.76. The van der Waals surface area contributed by atoms with Crippen LogP contribution in [0.5, 0.6) is 0 Å². The van der Waals surface area contributed by atoms with Gasteiger partial charge >= 0.3 is 6.18 Å². The Hall–Kier alpha value is -2.49. The third-order valence-corrected chi connectivity index (χ3v) is 4.52. The second-order valence-electron chi connectivity index (χ2n) is 6.69. The van der Waals surface area contributed by atoms with Crippen molar-refractivity contribution < 1.29 is 18.0 Å². The third-order valence-electron chi connectivity index (χ3n) is 4.52. The molecule has 0 spiro atoms. The van der Waals surface area contributed by atoms with Crippen molar-refractivity contribution in [3.8, 4) is 5.82 Å². The van der Waals surface area contributed by atoms with Crippen molar-refractivity contribution in [2.75, 3.05) is 19.6 Å². The molecule has 0 radical (unpaired) electrons. The molecule has 0 aromatic carbocycles. The molecule has 1 fully saturated rings. The topological polar surface area (TPSA) is 84.7 Å². The van der Waals surface area contributed by atoms with Crippen LogP contribution >= 0.6 is 0 Å². The van der Waals surface area contributed by atoms with Gasteiger partial charge < -0.3 is 10.6 Å². The molecule has 26 heavy (non-hydrogen) atoms. The number of halogens is 3. The fraction of sp³-hybridized carbons (Fsp3) is 0.500. The van der Waals surface area contributed by atoms with E-state index >= 15 is 0 Å². The van der Waals surface area contributed by atoms with Crippen LogP contribution in [0.4, 0.5) is 13.2 Å². The molecule has 0 unspecified atom stereocenters. The van der Waals surface area contributed by atoms with Crippen LogP contribution in [0.1, 0.15) is 35.8 Å². The lowest BCUT2D eigenvalue weighted by molar-refractivity contribution is -0.137. The summed E-state index contributed by atoms with van der Waals surface area (Å²) in [5.41, 5.74) is -0.731. The summed E-state index contributed by atoms with van der Waals surface area (Å²) in [6.07, 6.45) is -0.459. The third kappa shape index (κ3) is 4.18. The van der Waals surface area contributed by atoms with Gasteiger partial charge in [-0.3, -0.25) is 4.79 Å². The normalized spacial score (nSPS) is 17.1. The number of piperidine rings is 1. The van der Waals surface area contributed by atoms with Crippen LogP contribution in [-0.4, -0.2) is 45.5 Å². The van der Waals surface area contributed by atoms with Gasteiger partial charge in [0.15, 0.2) is 11.5 Å². The number of aromatic nitrogens is 4. The Morgan fingerprint density at radius 2 is 2.08 bits per heavy atom. The zero-order valence-corrected chi connectivity index (χ0v) is 14.2. The summed E-state index contributed by atoms with van der Waals surface area (Å²) < 4.78 is 38.9. The number of hydrogen-bond donors (Lipinski definition) is 2. The number of hydrogen-bond acceptors (Lipinski definition) is 5. The standard InChI is InChI=1S/C16H19F3N6O/c1-15(4-6-20-7-5-15)10-22-14(26)12-9-25(24-23-12)13-3-2-11(8-21-13)16(17,18)19/h2-3,8-9,20H,4-7,10H2,1H3,(H,22,26). The van der Waals surface area contributed by atoms with Crippen LogP contribution in [0.3, 0.4) is 0 Å². The summed E-state index contributed by atoms with van der Waals surface area (Å²) in [7, 11) is 0. The summed E-state index contributed by atoms with van der Waals surface area (Å²) in [5.74, 6) is -0.224. The first-order valence-corrected chi connectivity index (χ1v) is 8.22. The first-order chi connectivity index (χ1) is 12.3. The highest BCUT2D eigenvalue weighted by atomic mass is 19.4. The molecule has 0 bridgehead atoms. The van der Waals surface area contributed by atoms with Crippen LogP contribution in [-0.2, 0) is 6.18 Å². The van der Waals surface area contributed by atoms with E-state index in [4.69, 9.17) is 0 Å². The number of carbonyl (C=O) groups is 1. The van der Waals surface area contributed by atoms with Crippen LogP contribution in [0.15, 0.2) is 24.5 Å². The first-order valence-electron chi connectivity index (χ1n) is 8.22. The van der Waals surface area contributed by atoms with E-state index in [1.54, 1.807) is 0 Å². The van der Waals surface area contributed by atoms with E-state index in [9.17, 15) is 18.0 Å². The number of amides is 1. The van der Waals surface area contributed by atoms with Crippen molar-refractivity contribution in [3.05, 3.63) is 35.8 Å². The summed E-state index contributed by atoms with van der Waals surface area (Å²) in [6.45, 7) is 4.49. The van der Waals surface area contributed by atoms with Gasteiger partial charge in [0.2, 0.25) is 0 Å². The monoisotopic (exact) mass is 368 g/mol. The van der Waals surface area contributed by atoms with Crippen molar-refractivity contribution in [1.29, 1.82) is 0 Å². The van der Waals surface area contributed by atoms with Crippen molar-refractivity contribution in [2.45, 2.75) is 25.9 Å². The second kappa shape index (κ2) is 7.02. The van der Waals surface area contributed by atoms with Crippen molar-refractivity contribution in [2.24, 2.45) is 5.41 Å². The summed E-state index contributed by atoms with van der Waals surface area (Å²) >= 11 is 0. The van der Waals surface area contributed by atoms with Crippen LogP contribution in [0.25, 0.3) is 5.82 Å². The van der Waals surface area contributed by atoms with E-state index in [0.29, 0.717) is 12.7 Å². The average Bonchev–Trinajstić information content (AvgIpc) is 3.10. The van der Waals surface area contributed by atoms with Crippen LogP contribution in [0, 0.1) is 5.41 Å². The van der Waals surface area contributed by atoms with E-state index in [2.05, 4.69) is 32.9 Å². The smallest absolute Gasteiger partial charge is 0.350 e. The molecule has 7 nitrogen and oxygen atoms in total. The molecule has 1 aliphatic heterocycles. The maximum Gasteiger partial charge on any atom is 0.417 e. The quantitative estimate of drug-likeness (QED) is 0.860. The lowest BCUT2D eigenvalue weighted by Gasteiger charge is -2.33. The predicted octanol–water partition coefficient (Wildman–Crippen LogP) is 1.80. The van der Waals surface area contributed by atoms with Crippen molar-refractivity contribution in [1.82, 2.24) is 30.6 Å². The van der Waals surface area contributed by atoms with Gasteiger partial charge in [-0.1, -0.05) is 12.1 Å². The minimum atomic E-state index is -4.45. The van der Waals surface area contributed by atoms with Crippen LogP contribution in [0.2, 0.25) is 0 Å². The first kappa shape index (κ1) is 18.3. The molecule has 0 aliphatic carbocycles. The Kier molecular flexibility index (Phi) is 4.94. The van der Waals surface area contributed by atoms with Gasteiger partial charge in [0, 0.05) is 12.7 Å². The van der Waals surface area contributed by atoms with E-state index in [1.807, 2.05) is 0 Å². The predicted molar refractivity (Wildman–Crippen MR) is 86.7 cm³/mol. The molecule has 2 N–H and O–H groups in total. The lowest BCUT2D eigenvalue weighted by atomic mass is 9.81. The second-order valence-corrected chi connectivity index (χ2v) is 6.69. The zero-order chi connectivity index (χ0) is 18.8. The largest absolute Gasteiger partial charge is 0.417 e. The highest BCUT2D eigenvalue weighted by molar-refractivity contribution is 5.91. The number of pyridine rings is 1. The number of nitrogens with one attached hydrogen (secondary N) is 2. The summed E-state index contributed by atoms with van der Waals surface area (Å²) in [6, 6.07) is 2.08. The Morgan fingerprint density at radius 3 is 2.69 bits per heavy atom. The SMILES string of the molecule is CC1(CNC(=O)c2cn(-c3ccc(C(F)(F)F)cn3)nn2)CCNCC1. The van der Waals surface area contributed by atoms with E-state index in [1.165, 1.54) is 16.9 Å². The molecule has 3 heterocycles. The Labute approximate surface area is 148 Å². The molecule has 3 rings (SSSR count). The average molecular weight is 368 g/mol. The van der Waals surface area contributed by atoms with Gasteiger partial charge in [-0.05, 0) is 43.5 Å². The Bertz CT molecular complexity index is 765. The zero-order valence-electron chi connectivity index (χ0n) is 14.2. The van der Waals surface area contributed by atoms with Gasteiger partial charge in [0.1, 0.15) is 0 Å². The van der Waals surface area contributed by atoms with Gasteiger partial charge in [-0.2, -0.15) is 13.2 Å². The number of nitrogens with zero attached hydrogens (tertiary/aromatic N) is 4. The maximum atomic E-state index is 12.6. The highest BCUT2D eigenvalue weighted by Crippen LogP contribution is 2.29. The number of rotatable bonds is 4. The van der Waals surface area contributed by atoms with E-state index < -0.39 is 11.7 Å². The van der Waals surface area contributed by atoms with Gasteiger partial charge in [-0.25, -0.2) is 9.67 Å². The van der Waals surface area contributed by atoms with Gasteiger partial charge in [-0.15, -0.1) is 5.10 Å². The van der Waals surface area contributed by atoms with Gasteiger partial charge in [0.05, 0.1) is 11.8 Å². The lowest BCUT2D eigenvalue weighted by Crippen LogP contribution is -2.43. The molecule has 140 valence electrons. The maximum absolute atomic E-state index is 12.6. The molecule has 10 heteroatoms. The van der Waals surface area contributed by atoms with E-state index in [0.717, 1.165) is 32.0 Å².